The summed E-state index contributed by atoms with van der Waals surface area (Å²) in [5.41, 5.74) is 1.60. The third kappa shape index (κ3) is 4.29. The molecule has 0 spiro atoms. The smallest absolute Gasteiger partial charge is 0.306 e. The largest absolute Gasteiger partial charge is 0.326 e. The number of benzene rings is 2. The first-order chi connectivity index (χ1) is 14.0. The highest BCUT2D eigenvalue weighted by Crippen LogP contribution is 2.25. The molecule has 29 heavy (non-hydrogen) atoms. The number of carbonyl (C=O) groups excluding carboxylic acids is 1. The monoisotopic (exact) mass is 399 g/mol. The Balaban J connectivity index is 1.30. The van der Waals surface area contributed by atoms with Crippen LogP contribution in [0, 0.1) is 11.6 Å². The Kier molecular flexibility index (Phi) is 5.58. The van der Waals surface area contributed by atoms with Crippen LogP contribution in [-0.4, -0.2) is 39.9 Å². The van der Waals surface area contributed by atoms with Crippen LogP contribution in [0.1, 0.15) is 42.1 Å². The molecule has 2 aromatic carbocycles. The van der Waals surface area contributed by atoms with Gasteiger partial charge >= 0.3 is 5.69 Å². The molecule has 3 aromatic rings. The van der Waals surface area contributed by atoms with Crippen molar-refractivity contribution in [1.29, 1.82) is 0 Å². The summed E-state index contributed by atoms with van der Waals surface area (Å²) in [6, 6.07) is 10.0. The van der Waals surface area contributed by atoms with Crippen LogP contribution >= 0.6 is 0 Å². The maximum atomic E-state index is 13.6. The van der Waals surface area contributed by atoms with Gasteiger partial charge in [0, 0.05) is 31.1 Å². The van der Waals surface area contributed by atoms with Crippen LogP contribution in [-0.2, 0) is 0 Å². The van der Waals surface area contributed by atoms with E-state index in [0.29, 0.717) is 23.0 Å². The fourth-order valence-corrected chi connectivity index (χ4v) is 4.10. The van der Waals surface area contributed by atoms with Crippen molar-refractivity contribution in [1.82, 2.24) is 14.5 Å². The Hall–Kier alpha value is -2.80. The minimum atomic E-state index is -0.353. The SMILES string of the molecule is O=C(CCCN1CCC(n2c(=O)[nH]c3ccc(F)cc32)CC1)c1ccc(F)cc1. The molecule has 1 fully saturated rings. The molecule has 152 valence electrons. The molecule has 0 aliphatic carbocycles. The Morgan fingerprint density at radius 1 is 1.03 bits per heavy atom. The van der Waals surface area contributed by atoms with Crippen molar-refractivity contribution in [3.63, 3.8) is 0 Å². The molecule has 2 heterocycles. The number of nitrogens with one attached hydrogen (secondary N) is 1. The van der Waals surface area contributed by atoms with Gasteiger partial charge in [0.1, 0.15) is 11.6 Å². The van der Waals surface area contributed by atoms with E-state index in [2.05, 4.69) is 9.88 Å². The predicted molar refractivity (Wildman–Crippen MR) is 107 cm³/mol. The van der Waals surface area contributed by atoms with Crippen LogP contribution in [0.15, 0.2) is 47.3 Å². The zero-order chi connectivity index (χ0) is 20.4. The van der Waals surface area contributed by atoms with Gasteiger partial charge in [0.05, 0.1) is 11.0 Å². The molecule has 1 aliphatic heterocycles. The molecule has 0 atom stereocenters. The molecule has 1 aliphatic rings. The van der Waals surface area contributed by atoms with E-state index in [1.54, 1.807) is 10.6 Å². The van der Waals surface area contributed by atoms with E-state index in [1.165, 1.54) is 36.4 Å². The summed E-state index contributed by atoms with van der Waals surface area (Å²) in [7, 11) is 0. The molecular weight excluding hydrogens is 376 g/mol. The summed E-state index contributed by atoms with van der Waals surface area (Å²) in [6.07, 6.45) is 2.76. The number of carbonyl (C=O) groups is 1. The van der Waals surface area contributed by atoms with Gasteiger partial charge < -0.3 is 9.88 Å². The lowest BCUT2D eigenvalue weighted by Crippen LogP contribution is -2.37. The highest BCUT2D eigenvalue weighted by molar-refractivity contribution is 5.95. The molecule has 0 amide bonds. The van der Waals surface area contributed by atoms with Crippen LogP contribution in [0.4, 0.5) is 8.78 Å². The van der Waals surface area contributed by atoms with Crippen LogP contribution in [0.25, 0.3) is 11.0 Å². The van der Waals surface area contributed by atoms with Crippen molar-refractivity contribution < 1.29 is 13.6 Å². The van der Waals surface area contributed by atoms with Crippen molar-refractivity contribution in [2.75, 3.05) is 19.6 Å². The maximum Gasteiger partial charge on any atom is 0.326 e. The minimum Gasteiger partial charge on any atom is -0.306 e. The van der Waals surface area contributed by atoms with E-state index in [0.717, 1.165) is 38.9 Å². The van der Waals surface area contributed by atoms with Crippen LogP contribution in [0.3, 0.4) is 0 Å². The molecule has 5 nitrogen and oxygen atoms in total. The first-order valence-corrected chi connectivity index (χ1v) is 9.92. The van der Waals surface area contributed by atoms with E-state index in [1.807, 2.05) is 0 Å². The zero-order valence-electron chi connectivity index (χ0n) is 16.0. The second-order valence-corrected chi connectivity index (χ2v) is 7.57. The number of piperidine rings is 1. The molecule has 7 heteroatoms. The second-order valence-electron chi connectivity index (χ2n) is 7.57. The summed E-state index contributed by atoms with van der Waals surface area (Å²) < 4.78 is 28.2. The first-order valence-electron chi connectivity index (χ1n) is 9.92. The van der Waals surface area contributed by atoms with Gasteiger partial charge in [0.15, 0.2) is 5.78 Å². The van der Waals surface area contributed by atoms with Crippen LogP contribution < -0.4 is 5.69 Å². The molecule has 0 saturated carbocycles. The zero-order valence-corrected chi connectivity index (χ0v) is 16.0. The second kappa shape index (κ2) is 8.29. The topological polar surface area (TPSA) is 58.1 Å². The van der Waals surface area contributed by atoms with Gasteiger partial charge in [0.2, 0.25) is 0 Å². The number of ketones is 1. The van der Waals surface area contributed by atoms with Crippen molar-refractivity contribution in [3.8, 4) is 0 Å². The first kappa shape index (κ1) is 19.5. The van der Waals surface area contributed by atoms with Gasteiger partial charge in [-0.05, 0) is 68.3 Å². The van der Waals surface area contributed by atoms with Gasteiger partial charge in [-0.15, -0.1) is 0 Å². The van der Waals surface area contributed by atoms with Crippen LogP contribution in [0.5, 0.6) is 0 Å². The number of H-pyrrole nitrogens is 1. The van der Waals surface area contributed by atoms with E-state index in [-0.39, 0.29) is 29.1 Å². The van der Waals surface area contributed by atoms with E-state index < -0.39 is 0 Å². The fourth-order valence-electron chi connectivity index (χ4n) is 4.10. The summed E-state index contributed by atoms with van der Waals surface area (Å²) in [5, 5.41) is 0. The molecule has 0 unspecified atom stereocenters. The molecule has 0 radical (unpaired) electrons. The van der Waals surface area contributed by atoms with Crippen molar-refractivity contribution in [3.05, 3.63) is 70.1 Å². The number of nitrogens with zero attached hydrogens (tertiary/aromatic N) is 2. The number of aromatic amines is 1. The summed E-state index contributed by atoms with van der Waals surface area (Å²) in [5.74, 6) is -0.678. The number of hydrogen-bond donors (Lipinski definition) is 1. The number of rotatable bonds is 6. The average Bonchev–Trinajstić information content (AvgIpc) is 3.04. The Bertz CT molecular complexity index is 1060. The minimum absolute atomic E-state index is 0.0206. The van der Waals surface area contributed by atoms with Crippen LogP contribution in [0.2, 0.25) is 0 Å². The molecular formula is C22H23F2N3O2. The van der Waals surface area contributed by atoms with Gasteiger partial charge in [-0.3, -0.25) is 9.36 Å². The molecule has 1 saturated heterocycles. The van der Waals surface area contributed by atoms with E-state index >= 15 is 0 Å². The van der Waals surface area contributed by atoms with Gasteiger partial charge in [-0.1, -0.05) is 0 Å². The number of hydrogen-bond acceptors (Lipinski definition) is 3. The molecule has 4 rings (SSSR count). The summed E-state index contributed by atoms with van der Waals surface area (Å²) >= 11 is 0. The predicted octanol–water partition coefficient (Wildman–Crippen LogP) is 3.91. The molecule has 1 aromatic heterocycles. The lowest BCUT2D eigenvalue weighted by Gasteiger charge is -2.32. The van der Waals surface area contributed by atoms with Crippen molar-refractivity contribution in [2.24, 2.45) is 0 Å². The number of Topliss-reactive ketones (excluding diaryl/α,β-unsaturated/α-hetero) is 1. The quantitative estimate of drug-likeness (QED) is 0.640. The van der Waals surface area contributed by atoms with Gasteiger partial charge in [0.25, 0.3) is 0 Å². The maximum absolute atomic E-state index is 13.6. The number of aromatic nitrogens is 2. The summed E-state index contributed by atoms with van der Waals surface area (Å²) in [6.45, 7) is 2.45. The third-order valence-corrected chi connectivity index (χ3v) is 5.65. The Morgan fingerprint density at radius 2 is 1.72 bits per heavy atom. The molecule has 1 N–H and O–H groups in total. The number of halogens is 2. The van der Waals surface area contributed by atoms with Gasteiger partial charge in [-0.2, -0.15) is 0 Å². The lowest BCUT2D eigenvalue weighted by atomic mass is 10.0. The number of likely N-dealkylation sites (tertiary alicyclic amines) is 1. The Labute approximate surface area is 167 Å². The standard InChI is InChI=1S/C22H23F2N3O2/c23-16-5-3-15(4-6-16)21(28)2-1-11-26-12-9-18(10-13-26)27-20-14-17(24)7-8-19(20)25-22(27)29/h3-8,14,18H,1-2,9-13H2,(H,25,29). The average molecular weight is 399 g/mol. The van der Waals surface area contributed by atoms with Crippen molar-refractivity contribution >= 4 is 16.8 Å². The fraction of sp³-hybridized carbons (Fsp3) is 0.364. The highest BCUT2D eigenvalue weighted by atomic mass is 19.1. The number of imidazole rings is 1. The Morgan fingerprint density at radius 3 is 2.45 bits per heavy atom. The van der Waals surface area contributed by atoms with Crippen molar-refractivity contribution in [2.45, 2.75) is 31.7 Å². The lowest BCUT2D eigenvalue weighted by molar-refractivity contribution is 0.0970. The van der Waals surface area contributed by atoms with E-state index in [9.17, 15) is 18.4 Å². The summed E-state index contributed by atoms with van der Waals surface area (Å²) in [4.78, 5) is 29.6. The van der Waals surface area contributed by atoms with Gasteiger partial charge in [-0.25, -0.2) is 13.6 Å². The molecule has 0 bridgehead atoms. The highest BCUT2D eigenvalue weighted by Gasteiger charge is 2.23. The van der Waals surface area contributed by atoms with E-state index in [4.69, 9.17) is 0 Å². The normalized spacial score (nSPS) is 15.8. The third-order valence-electron chi connectivity index (χ3n) is 5.65. The number of fused-ring (bicyclic) bond motifs is 1.